The minimum absolute atomic E-state index is 0.0676. The third kappa shape index (κ3) is 3.29. The highest BCUT2D eigenvalue weighted by atomic mass is 35.5. The summed E-state index contributed by atoms with van der Waals surface area (Å²) in [5, 5.41) is 19.6. The maximum absolute atomic E-state index is 12.3. The van der Waals surface area contributed by atoms with Crippen LogP contribution in [0.2, 0.25) is 5.02 Å². The quantitative estimate of drug-likeness (QED) is 0.662. The summed E-state index contributed by atoms with van der Waals surface area (Å²) < 4.78 is 5.01. The second kappa shape index (κ2) is 6.06. The van der Waals surface area contributed by atoms with Crippen LogP contribution >= 0.6 is 11.6 Å². The highest BCUT2D eigenvalue weighted by Crippen LogP contribution is 2.26. The topological polar surface area (TPSA) is 110 Å². The Bertz CT molecular complexity index is 605. The molecule has 1 unspecified atom stereocenters. The molecule has 1 amide bonds. The third-order valence-electron chi connectivity index (χ3n) is 3.02. The normalized spacial score (nSPS) is 18.3. The number of hydrogen-bond donors (Lipinski definition) is 1. The van der Waals surface area contributed by atoms with Crippen molar-refractivity contribution in [3.8, 4) is 0 Å². The lowest BCUT2D eigenvalue weighted by Gasteiger charge is -2.30. The van der Waals surface area contributed by atoms with Crippen molar-refractivity contribution in [2.75, 3.05) is 19.7 Å². The van der Waals surface area contributed by atoms with Gasteiger partial charge in [-0.25, -0.2) is 4.79 Å². The number of morpholine rings is 1. The zero-order valence-corrected chi connectivity index (χ0v) is 11.4. The number of aliphatic carboxylic acids is 1. The van der Waals surface area contributed by atoms with Crippen LogP contribution in [-0.4, -0.2) is 52.6 Å². The number of halogens is 1. The summed E-state index contributed by atoms with van der Waals surface area (Å²) in [6.07, 6.45) is -1.09. The SMILES string of the molecule is O=C(O)C1CN(C(=O)c2ccc(Cl)c([N+](=O)[O-])c2)CCO1. The lowest BCUT2D eigenvalue weighted by atomic mass is 10.1. The Hall–Kier alpha value is -2.19. The summed E-state index contributed by atoms with van der Waals surface area (Å²) in [6, 6.07) is 3.71. The Labute approximate surface area is 124 Å². The Balaban J connectivity index is 2.22. The van der Waals surface area contributed by atoms with Crippen molar-refractivity contribution in [3.63, 3.8) is 0 Å². The van der Waals surface area contributed by atoms with Gasteiger partial charge in [-0.15, -0.1) is 0 Å². The van der Waals surface area contributed by atoms with Crippen LogP contribution in [-0.2, 0) is 9.53 Å². The molecule has 0 bridgehead atoms. The Morgan fingerprint density at radius 3 is 2.81 bits per heavy atom. The predicted molar refractivity (Wildman–Crippen MR) is 71.4 cm³/mol. The van der Waals surface area contributed by atoms with Gasteiger partial charge in [0.25, 0.3) is 11.6 Å². The fourth-order valence-electron chi connectivity index (χ4n) is 1.95. The molecule has 8 nitrogen and oxygen atoms in total. The lowest BCUT2D eigenvalue weighted by Crippen LogP contribution is -2.48. The number of nitro groups is 1. The zero-order valence-electron chi connectivity index (χ0n) is 10.7. The Kier molecular flexibility index (Phi) is 4.39. The summed E-state index contributed by atoms with van der Waals surface area (Å²) in [5.74, 6) is -1.65. The fourth-order valence-corrected chi connectivity index (χ4v) is 2.14. The third-order valence-corrected chi connectivity index (χ3v) is 3.34. The van der Waals surface area contributed by atoms with Crippen LogP contribution < -0.4 is 0 Å². The molecule has 112 valence electrons. The summed E-state index contributed by atoms with van der Waals surface area (Å²) in [5.41, 5.74) is -0.289. The van der Waals surface area contributed by atoms with Gasteiger partial charge in [0.15, 0.2) is 6.10 Å². The van der Waals surface area contributed by atoms with Gasteiger partial charge in [0.1, 0.15) is 5.02 Å². The van der Waals surface area contributed by atoms with Crippen molar-refractivity contribution in [2.24, 2.45) is 0 Å². The molecule has 0 aliphatic carbocycles. The van der Waals surface area contributed by atoms with E-state index in [9.17, 15) is 19.7 Å². The van der Waals surface area contributed by atoms with Gasteiger partial charge in [-0.1, -0.05) is 11.6 Å². The number of nitro benzene ring substituents is 1. The number of amides is 1. The molecule has 0 aromatic heterocycles. The molecule has 0 radical (unpaired) electrons. The van der Waals surface area contributed by atoms with Gasteiger partial charge >= 0.3 is 5.97 Å². The number of carbonyl (C=O) groups is 2. The van der Waals surface area contributed by atoms with Crippen LogP contribution in [0.15, 0.2) is 18.2 Å². The van der Waals surface area contributed by atoms with E-state index >= 15 is 0 Å². The zero-order chi connectivity index (χ0) is 15.6. The van der Waals surface area contributed by atoms with Crippen LogP contribution in [0, 0.1) is 10.1 Å². The molecule has 1 heterocycles. The van der Waals surface area contributed by atoms with Gasteiger partial charge in [0.05, 0.1) is 18.1 Å². The number of carboxylic acid groups (broad SMARTS) is 1. The van der Waals surface area contributed by atoms with Gasteiger partial charge in [-0.2, -0.15) is 0 Å². The molecular formula is C12H11ClN2O6. The minimum Gasteiger partial charge on any atom is -0.479 e. The van der Waals surface area contributed by atoms with Crippen molar-refractivity contribution in [2.45, 2.75) is 6.10 Å². The molecule has 0 spiro atoms. The van der Waals surface area contributed by atoms with Crippen molar-refractivity contribution in [1.82, 2.24) is 4.90 Å². The van der Waals surface area contributed by atoms with E-state index in [-0.39, 0.29) is 36.0 Å². The number of benzene rings is 1. The van der Waals surface area contributed by atoms with E-state index in [0.717, 1.165) is 6.07 Å². The van der Waals surface area contributed by atoms with Crippen LogP contribution in [0.3, 0.4) is 0 Å². The molecule has 1 fully saturated rings. The number of carboxylic acids is 1. The van der Waals surface area contributed by atoms with Crippen molar-refractivity contribution >= 4 is 29.2 Å². The summed E-state index contributed by atoms with van der Waals surface area (Å²) in [7, 11) is 0. The second-order valence-corrected chi connectivity index (χ2v) is 4.78. The molecule has 1 aliphatic rings. The van der Waals surface area contributed by atoms with Crippen molar-refractivity contribution < 1.29 is 24.4 Å². The van der Waals surface area contributed by atoms with E-state index in [0.29, 0.717) is 0 Å². The molecule has 1 aliphatic heterocycles. The van der Waals surface area contributed by atoms with Crippen LogP contribution in [0.1, 0.15) is 10.4 Å². The number of ether oxygens (including phenoxy) is 1. The van der Waals surface area contributed by atoms with E-state index in [1.165, 1.54) is 17.0 Å². The van der Waals surface area contributed by atoms with Gasteiger partial charge in [0.2, 0.25) is 0 Å². The molecule has 1 aromatic carbocycles. The first kappa shape index (κ1) is 15.2. The van der Waals surface area contributed by atoms with E-state index in [1.807, 2.05) is 0 Å². The van der Waals surface area contributed by atoms with Gasteiger partial charge in [-0.3, -0.25) is 14.9 Å². The standard InChI is InChI=1S/C12H11ClN2O6/c13-8-2-1-7(5-9(8)15(19)20)11(16)14-3-4-21-10(6-14)12(17)18/h1-2,5,10H,3-4,6H2,(H,17,18). The van der Waals surface area contributed by atoms with Crippen LogP contribution in [0.25, 0.3) is 0 Å². The second-order valence-electron chi connectivity index (χ2n) is 4.37. The number of hydrogen-bond acceptors (Lipinski definition) is 5. The molecule has 1 aromatic rings. The number of nitrogens with zero attached hydrogens (tertiary/aromatic N) is 2. The molecule has 1 N–H and O–H groups in total. The monoisotopic (exact) mass is 314 g/mol. The number of rotatable bonds is 3. The van der Waals surface area contributed by atoms with Crippen molar-refractivity contribution in [3.05, 3.63) is 38.9 Å². The maximum Gasteiger partial charge on any atom is 0.334 e. The molecule has 9 heteroatoms. The van der Waals surface area contributed by atoms with Gasteiger partial charge in [-0.05, 0) is 12.1 Å². The molecule has 2 rings (SSSR count). The predicted octanol–water partition coefficient (Wildman–Crippen LogP) is 1.17. The molecule has 0 saturated carbocycles. The summed E-state index contributed by atoms with van der Waals surface area (Å²) in [4.78, 5) is 34.6. The molecule has 21 heavy (non-hydrogen) atoms. The molecular weight excluding hydrogens is 304 g/mol. The van der Waals surface area contributed by atoms with Crippen LogP contribution in [0.4, 0.5) is 5.69 Å². The average molecular weight is 315 g/mol. The van der Waals surface area contributed by atoms with E-state index in [1.54, 1.807) is 0 Å². The minimum atomic E-state index is -1.16. The fraction of sp³-hybridized carbons (Fsp3) is 0.333. The smallest absolute Gasteiger partial charge is 0.334 e. The van der Waals surface area contributed by atoms with E-state index in [4.69, 9.17) is 21.4 Å². The van der Waals surface area contributed by atoms with Gasteiger partial charge < -0.3 is 14.7 Å². The first-order chi connectivity index (χ1) is 9.90. The Morgan fingerprint density at radius 2 is 2.19 bits per heavy atom. The van der Waals surface area contributed by atoms with E-state index in [2.05, 4.69) is 0 Å². The summed E-state index contributed by atoms with van der Waals surface area (Å²) >= 11 is 5.68. The Morgan fingerprint density at radius 1 is 1.48 bits per heavy atom. The van der Waals surface area contributed by atoms with Crippen molar-refractivity contribution in [1.29, 1.82) is 0 Å². The molecule has 1 atom stereocenters. The number of carbonyl (C=O) groups excluding carboxylic acids is 1. The maximum atomic E-state index is 12.3. The highest BCUT2D eigenvalue weighted by molar-refractivity contribution is 6.32. The highest BCUT2D eigenvalue weighted by Gasteiger charge is 2.30. The lowest BCUT2D eigenvalue weighted by molar-refractivity contribution is -0.384. The average Bonchev–Trinajstić information content (AvgIpc) is 2.46. The molecule has 1 saturated heterocycles. The van der Waals surface area contributed by atoms with E-state index < -0.39 is 22.9 Å². The summed E-state index contributed by atoms with van der Waals surface area (Å²) in [6.45, 7) is 0.210. The first-order valence-corrected chi connectivity index (χ1v) is 6.35. The van der Waals surface area contributed by atoms with Gasteiger partial charge in [0, 0.05) is 18.2 Å². The van der Waals surface area contributed by atoms with Crippen LogP contribution in [0.5, 0.6) is 0 Å². The largest absolute Gasteiger partial charge is 0.479 e. The first-order valence-electron chi connectivity index (χ1n) is 5.97.